The van der Waals surface area contributed by atoms with Crippen molar-refractivity contribution in [2.24, 2.45) is 0 Å². The van der Waals surface area contributed by atoms with E-state index < -0.39 is 0 Å². The first-order valence-corrected chi connectivity index (χ1v) is 4.50. The van der Waals surface area contributed by atoms with Crippen LogP contribution in [0.15, 0.2) is 0 Å². The summed E-state index contributed by atoms with van der Waals surface area (Å²) >= 11 is 0. The molecule has 0 atom stereocenters. The van der Waals surface area contributed by atoms with Crippen LogP contribution in [0.5, 0.6) is 0 Å². The van der Waals surface area contributed by atoms with Crippen LogP contribution in [0.1, 0.15) is 0 Å². The molecule has 84 valence electrons. The third kappa shape index (κ3) is 12.4. The Bertz CT molecular complexity index is 95.0. The molecule has 3 nitrogen and oxygen atoms in total. The number of hydrogen-bond donors (Lipinski definition) is 0. The van der Waals surface area contributed by atoms with Crippen molar-refractivity contribution >= 4 is 0 Å². The van der Waals surface area contributed by atoms with Crippen molar-refractivity contribution in [3.05, 3.63) is 0 Å². The van der Waals surface area contributed by atoms with Crippen LogP contribution in [-0.2, 0) is 17.1 Å². The Hall–Kier alpha value is 0.399. The number of hydrogen-bond acceptors (Lipinski definition) is 3. The second-order valence-electron chi connectivity index (χ2n) is 3.91. The fraction of sp³-hybridized carbons (Fsp3) is 1.00. The number of rotatable bonds is 6. The fourth-order valence-corrected chi connectivity index (χ4v) is 0.853. The largest absolute Gasteiger partial charge is 1.00 e. The van der Waals surface area contributed by atoms with Gasteiger partial charge in [-0.15, -0.1) is 0 Å². The molecular formula is C9H23CuN3+. The van der Waals surface area contributed by atoms with Crippen LogP contribution in [0.2, 0.25) is 0 Å². The second kappa shape index (κ2) is 8.97. The van der Waals surface area contributed by atoms with E-state index in [1.165, 1.54) is 0 Å². The van der Waals surface area contributed by atoms with Gasteiger partial charge in [0.25, 0.3) is 0 Å². The van der Waals surface area contributed by atoms with Crippen molar-refractivity contribution in [1.82, 2.24) is 14.7 Å². The molecule has 0 aliphatic heterocycles. The summed E-state index contributed by atoms with van der Waals surface area (Å²) in [4.78, 5) is 6.79. The minimum atomic E-state index is 0. The molecule has 0 aromatic heterocycles. The Morgan fingerprint density at radius 1 is 0.615 bits per heavy atom. The topological polar surface area (TPSA) is 9.72 Å². The van der Waals surface area contributed by atoms with Gasteiger partial charge in [0.1, 0.15) is 0 Å². The van der Waals surface area contributed by atoms with Gasteiger partial charge in [-0.05, 0) is 35.2 Å². The number of nitrogens with zero attached hydrogens (tertiary/aromatic N) is 3. The molecule has 4 heteroatoms. The SMILES string of the molecule is CN(C)CCN(C)CCN(C)C.[Cu+]. The van der Waals surface area contributed by atoms with Crippen LogP contribution >= 0.6 is 0 Å². The predicted molar refractivity (Wildman–Crippen MR) is 54.6 cm³/mol. The molecule has 0 radical (unpaired) electrons. The zero-order chi connectivity index (χ0) is 9.56. The predicted octanol–water partition coefficient (Wildman–Crippen LogP) is 0.0389. The van der Waals surface area contributed by atoms with Gasteiger partial charge in [0, 0.05) is 26.2 Å². The van der Waals surface area contributed by atoms with Gasteiger partial charge in [-0.3, -0.25) is 0 Å². The van der Waals surface area contributed by atoms with Gasteiger partial charge in [-0.2, -0.15) is 0 Å². The van der Waals surface area contributed by atoms with Gasteiger partial charge >= 0.3 is 17.1 Å². The van der Waals surface area contributed by atoms with Crippen LogP contribution in [0.25, 0.3) is 0 Å². The molecule has 0 unspecified atom stereocenters. The van der Waals surface area contributed by atoms with E-state index in [1.807, 2.05) is 0 Å². The first-order chi connectivity index (χ1) is 5.52. The molecule has 0 saturated heterocycles. The third-order valence-corrected chi connectivity index (χ3v) is 1.86. The van der Waals surface area contributed by atoms with Gasteiger partial charge < -0.3 is 14.7 Å². The summed E-state index contributed by atoms with van der Waals surface area (Å²) in [6.45, 7) is 4.59. The van der Waals surface area contributed by atoms with Crippen molar-refractivity contribution in [2.75, 3.05) is 61.4 Å². The Labute approximate surface area is 93.5 Å². The average Bonchev–Trinajstić information content (AvgIpc) is 1.96. The minimum Gasteiger partial charge on any atom is -0.308 e. The van der Waals surface area contributed by atoms with Crippen LogP contribution < -0.4 is 0 Å². The van der Waals surface area contributed by atoms with E-state index in [2.05, 4.69) is 49.9 Å². The zero-order valence-electron chi connectivity index (χ0n) is 9.47. The number of likely N-dealkylation sites (N-methyl/N-ethyl adjacent to an activating group) is 3. The zero-order valence-corrected chi connectivity index (χ0v) is 10.4. The van der Waals surface area contributed by atoms with Gasteiger partial charge in [-0.25, -0.2) is 0 Å². The van der Waals surface area contributed by atoms with Crippen LogP contribution in [0.4, 0.5) is 0 Å². The Morgan fingerprint density at radius 3 is 1.15 bits per heavy atom. The molecule has 0 spiro atoms. The summed E-state index contributed by atoms with van der Waals surface area (Å²) in [5.74, 6) is 0. The van der Waals surface area contributed by atoms with Crippen molar-refractivity contribution in [2.45, 2.75) is 0 Å². The van der Waals surface area contributed by atoms with Crippen molar-refractivity contribution < 1.29 is 17.1 Å². The summed E-state index contributed by atoms with van der Waals surface area (Å²) in [6.07, 6.45) is 0. The second-order valence-corrected chi connectivity index (χ2v) is 3.91. The maximum absolute atomic E-state index is 2.36. The van der Waals surface area contributed by atoms with E-state index in [1.54, 1.807) is 0 Å². The van der Waals surface area contributed by atoms with E-state index in [4.69, 9.17) is 0 Å². The standard InChI is InChI=1S/C9H23N3.Cu/c1-10(2)6-8-12(5)9-7-11(3)4;/h6-9H2,1-5H3;/q;+1. The molecule has 0 amide bonds. The first kappa shape index (κ1) is 15.9. The van der Waals surface area contributed by atoms with E-state index in [0.717, 1.165) is 26.2 Å². The summed E-state index contributed by atoms with van der Waals surface area (Å²) in [7, 11) is 10.6. The van der Waals surface area contributed by atoms with Crippen LogP contribution in [0, 0.1) is 0 Å². The first-order valence-electron chi connectivity index (χ1n) is 4.50. The van der Waals surface area contributed by atoms with Gasteiger partial charge in [-0.1, -0.05) is 0 Å². The van der Waals surface area contributed by atoms with E-state index >= 15 is 0 Å². The average molecular weight is 237 g/mol. The summed E-state index contributed by atoms with van der Waals surface area (Å²) in [5, 5.41) is 0. The Balaban J connectivity index is 0. The third-order valence-electron chi connectivity index (χ3n) is 1.86. The maximum atomic E-state index is 2.36. The molecule has 0 rings (SSSR count). The van der Waals surface area contributed by atoms with Crippen LogP contribution in [0.3, 0.4) is 0 Å². The summed E-state index contributed by atoms with van der Waals surface area (Å²) < 4.78 is 0. The normalized spacial score (nSPS) is 11.1. The van der Waals surface area contributed by atoms with Crippen molar-refractivity contribution in [3.8, 4) is 0 Å². The van der Waals surface area contributed by atoms with E-state index in [0.29, 0.717) is 0 Å². The van der Waals surface area contributed by atoms with Crippen molar-refractivity contribution in [1.29, 1.82) is 0 Å². The Morgan fingerprint density at radius 2 is 0.923 bits per heavy atom. The molecule has 0 fully saturated rings. The molecule has 0 aromatic rings. The molecule has 0 saturated carbocycles. The quantitative estimate of drug-likeness (QED) is 0.603. The maximum Gasteiger partial charge on any atom is 1.00 e. The molecule has 13 heavy (non-hydrogen) atoms. The van der Waals surface area contributed by atoms with E-state index in [-0.39, 0.29) is 17.1 Å². The molecule has 0 aliphatic rings. The Kier molecular flexibility index (Phi) is 10.9. The molecule has 0 heterocycles. The fourth-order valence-electron chi connectivity index (χ4n) is 0.853. The molecular weight excluding hydrogens is 214 g/mol. The van der Waals surface area contributed by atoms with Gasteiger partial charge in [0.2, 0.25) is 0 Å². The monoisotopic (exact) mass is 236 g/mol. The van der Waals surface area contributed by atoms with Gasteiger partial charge in [0.05, 0.1) is 0 Å². The minimum absolute atomic E-state index is 0. The van der Waals surface area contributed by atoms with E-state index in [9.17, 15) is 0 Å². The molecule has 0 aromatic carbocycles. The van der Waals surface area contributed by atoms with Gasteiger partial charge in [0.15, 0.2) is 0 Å². The molecule has 0 aliphatic carbocycles. The summed E-state index contributed by atoms with van der Waals surface area (Å²) in [5.41, 5.74) is 0. The summed E-state index contributed by atoms with van der Waals surface area (Å²) in [6, 6.07) is 0. The molecule has 0 bridgehead atoms. The smallest absolute Gasteiger partial charge is 0.308 e. The molecule has 0 N–H and O–H groups in total. The van der Waals surface area contributed by atoms with Crippen molar-refractivity contribution in [3.63, 3.8) is 0 Å². The van der Waals surface area contributed by atoms with Crippen LogP contribution in [-0.4, -0.2) is 76.1 Å².